The fourth-order valence-electron chi connectivity index (χ4n) is 6.12. The molecule has 1 saturated heterocycles. The minimum absolute atomic E-state index is 0. The Balaban J connectivity index is 0.000000348. The molecule has 0 unspecified atom stereocenters. The number of hydrogen-bond acceptors (Lipinski definition) is 3. The Kier molecular flexibility index (Phi) is 21.4. The van der Waals surface area contributed by atoms with Crippen molar-refractivity contribution < 1.29 is 42.6 Å². The SMILES string of the molecule is C1CCOC1.CC(C)c1cccc(C(C)C)c1[N-]C(C)(C)c1cccc(C#Cc2ccccc2[O-])n1.CC(C)c1cccc(C(C)C)c1[NH-].Cc1ccccc1.[Y+3]. The molecule has 0 amide bonds. The maximum Gasteiger partial charge on any atom is 3.00 e. The third kappa shape index (κ3) is 16.1. The van der Waals surface area contributed by atoms with Gasteiger partial charge in [0.25, 0.3) is 0 Å². The van der Waals surface area contributed by atoms with Gasteiger partial charge >= 0.3 is 32.7 Å². The van der Waals surface area contributed by atoms with Gasteiger partial charge in [-0.2, -0.15) is 0 Å². The molecule has 1 aliphatic heterocycles. The number of hydrogen-bond donors (Lipinski definition) is 0. The average Bonchev–Trinajstić information content (AvgIpc) is 3.76. The molecular weight excluding hydrogens is 775 g/mol. The second-order valence-electron chi connectivity index (χ2n) is 16.0. The van der Waals surface area contributed by atoms with E-state index in [4.69, 9.17) is 20.8 Å². The number of aromatic nitrogens is 1. The molecule has 1 aromatic heterocycles. The van der Waals surface area contributed by atoms with Crippen molar-refractivity contribution >= 4 is 11.4 Å². The van der Waals surface area contributed by atoms with Crippen LogP contribution in [0.2, 0.25) is 0 Å². The Labute approximate surface area is 370 Å². The van der Waals surface area contributed by atoms with Gasteiger partial charge in [0, 0.05) is 24.5 Å². The van der Waals surface area contributed by atoms with E-state index in [9.17, 15) is 5.11 Å². The van der Waals surface area contributed by atoms with Gasteiger partial charge in [0.1, 0.15) is 5.69 Å². The van der Waals surface area contributed by atoms with Crippen molar-refractivity contribution in [2.75, 3.05) is 13.2 Å². The first-order valence-corrected chi connectivity index (χ1v) is 20.2. The van der Waals surface area contributed by atoms with E-state index in [1.165, 1.54) is 35.6 Å². The molecule has 1 aliphatic rings. The van der Waals surface area contributed by atoms with E-state index >= 15 is 0 Å². The molecule has 2 heterocycles. The Bertz CT molecular complexity index is 1930. The molecule has 4 aromatic carbocycles. The summed E-state index contributed by atoms with van der Waals surface area (Å²) in [7, 11) is 0. The zero-order chi connectivity index (χ0) is 41.3. The number of rotatable bonds is 7. The van der Waals surface area contributed by atoms with Crippen LogP contribution in [0.3, 0.4) is 0 Å². The molecule has 6 rings (SSSR count). The number of aryl methyl sites for hydroxylation is 1. The number of nitrogens with zero attached hydrogens (tertiary/aromatic N) is 2. The number of ether oxygens (including phenoxy) is 1. The minimum Gasteiger partial charge on any atom is -0.872 e. The molecule has 298 valence electrons. The third-order valence-corrected chi connectivity index (χ3v) is 9.46. The Morgan fingerprint density at radius 3 is 1.54 bits per heavy atom. The molecule has 0 radical (unpaired) electrons. The van der Waals surface area contributed by atoms with Gasteiger partial charge in [-0.05, 0) is 67.6 Å². The monoisotopic (exact) mass is 839 g/mol. The summed E-state index contributed by atoms with van der Waals surface area (Å²) in [4.78, 5) is 4.76. The van der Waals surface area contributed by atoms with Crippen molar-refractivity contribution in [2.45, 2.75) is 118 Å². The van der Waals surface area contributed by atoms with Crippen LogP contribution in [-0.2, 0) is 43.0 Å². The first-order chi connectivity index (χ1) is 26.6. The Morgan fingerprint density at radius 2 is 1.11 bits per heavy atom. The molecular formula is C51H64N3O2Y. The quantitative estimate of drug-likeness (QED) is 0.153. The van der Waals surface area contributed by atoms with Crippen molar-refractivity contribution in [3.05, 3.63) is 165 Å². The predicted molar refractivity (Wildman–Crippen MR) is 237 cm³/mol. The van der Waals surface area contributed by atoms with Crippen LogP contribution in [0.25, 0.3) is 11.1 Å². The molecule has 0 aliphatic carbocycles. The molecule has 0 atom stereocenters. The van der Waals surface area contributed by atoms with Gasteiger partial charge in [-0.3, -0.25) is 0 Å². The van der Waals surface area contributed by atoms with Crippen LogP contribution in [0.1, 0.15) is 151 Å². The first-order valence-electron chi connectivity index (χ1n) is 20.2. The zero-order valence-electron chi connectivity index (χ0n) is 36.3. The van der Waals surface area contributed by atoms with E-state index in [2.05, 4.69) is 137 Å². The van der Waals surface area contributed by atoms with E-state index in [-0.39, 0.29) is 38.5 Å². The van der Waals surface area contributed by atoms with Gasteiger partial charge < -0.3 is 20.9 Å². The van der Waals surface area contributed by atoms with Crippen molar-refractivity contribution in [3.8, 4) is 17.6 Å². The molecule has 6 heteroatoms. The maximum atomic E-state index is 11.9. The van der Waals surface area contributed by atoms with Crippen LogP contribution in [0.5, 0.6) is 5.75 Å². The summed E-state index contributed by atoms with van der Waals surface area (Å²) in [5, 5.41) is 17.1. The standard InChI is InChI=1S/C28H31N2O.C12H18N.C7H8.C4H8O.Y/c1-19(2)23-13-10-14-24(20(3)4)27(23)30-28(5,6)26-16-9-12-22(29-26)18-17-21-11-7-8-15-25(21)31;1-8(2)10-6-5-7-11(9(3)4)12(10)13;1-7-5-3-2-4-6-7;1-2-4-5-3-1;/h7-16,19-20H,1-6H3,(H,29,31);5-9,13H,1-4H3;2-6H,1H3;1-4H2;/q2*-1;;;+3/p-1. The summed E-state index contributed by atoms with van der Waals surface area (Å²) in [5.41, 5.74) is 17.4. The van der Waals surface area contributed by atoms with E-state index < -0.39 is 5.54 Å². The van der Waals surface area contributed by atoms with Gasteiger partial charge in [0.15, 0.2) is 0 Å². The molecule has 0 bridgehead atoms. The summed E-state index contributed by atoms with van der Waals surface area (Å²) in [6.45, 7) is 25.6. The second kappa shape index (κ2) is 24.7. The van der Waals surface area contributed by atoms with Crippen molar-refractivity contribution in [1.29, 1.82) is 0 Å². The van der Waals surface area contributed by atoms with Gasteiger partial charge in [0.2, 0.25) is 0 Å². The summed E-state index contributed by atoms with van der Waals surface area (Å²) in [6, 6.07) is 35.5. The van der Waals surface area contributed by atoms with E-state index in [0.717, 1.165) is 41.4 Å². The minimum atomic E-state index is -0.525. The zero-order valence-corrected chi connectivity index (χ0v) is 39.2. The number of para-hydroxylation sites is 2. The summed E-state index contributed by atoms with van der Waals surface area (Å²) >= 11 is 0. The smallest absolute Gasteiger partial charge is 0.872 e. The first kappa shape index (κ1) is 49.2. The van der Waals surface area contributed by atoms with E-state index in [1.807, 2.05) is 42.5 Å². The fourth-order valence-corrected chi connectivity index (χ4v) is 6.12. The number of benzene rings is 4. The molecule has 1 N–H and O–H groups in total. The van der Waals surface area contributed by atoms with Gasteiger partial charge in [-0.1, -0.05) is 205 Å². The normalized spacial score (nSPS) is 11.9. The van der Waals surface area contributed by atoms with Crippen LogP contribution >= 0.6 is 0 Å². The number of pyridine rings is 1. The van der Waals surface area contributed by atoms with Gasteiger partial charge in [-0.15, -0.1) is 11.4 Å². The topological polar surface area (TPSA) is 83.1 Å². The van der Waals surface area contributed by atoms with Crippen molar-refractivity contribution in [2.24, 2.45) is 0 Å². The third-order valence-electron chi connectivity index (χ3n) is 9.46. The van der Waals surface area contributed by atoms with E-state index in [0.29, 0.717) is 34.9 Å². The summed E-state index contributed by atoms with van der Waals surface area (Å²) in [6.07, 6.45) is 2.56. The molecule has 5 aromatic rings. The maximum absolute atomic E-state index is 11.9. The predicted octanol–water partition coefficient (Wildman–Crippen LogP) is 14.1. The van der Waals surface area contributed by atoms with Crippen LogP contribution in [0.4, 0.5) is 11.4 Å². The molecule has 0 saturated carbocycles. The Morgan fingerprint density at radius 1 is 0.632 bits per heavy atom. The largest absolute Gasteiger partial charge is 3.00 e. The van der Waals surface area contributed by atoms with Gasteiger partial charge in [-0.25, -0.2) is 4.98 Å². The molecule has 57 heavy (non-hydrogen) atoms. The molecule has 5 nitrogen and oxygen atoms in total. The van der Waals surface area contributed by atoms with Crippen molar-refractivity contribution in [1.82, 2.24) is 4.98 Å². The summed E-state index contributed by atoms with van der Waals surface area (Å²) in [5.74, 6) is 7.57. The average molecular weight is 840 g/mol. The van der Waals surface area contributed by atoms with E-state index in [1.54, 1.807) is 12.1 Å². The molecule has 1 fully saturated rings. The molecule has 0 spiro atoms. The fraction of sp³-hybridized carbons (Fsp3) is 0.392. The van der Waals surface area contributed by atoms with Crippen LogP contribution in [0.15, 0.2) is 109 Å². The number of nitrogens with one attached hydrogen (secondary N) is 1. The van der Waals surface area contributed by atoms with Crippen LogP contribution in [-0.4, -0.2) is 18.2 Å². The summed E-state index contributed by atoms with van der Waals surface area (Å²) < 4.78 is 4.94. The van der Waals surface area contributed by atoms with Gasteiger partial charge in [0.05, 0.1) is 0 Å². The van der Waals surface area contributed by atoms with Crippen LogP contribution in [0, 0.1) is 18.8 Å². The van der Waals surface area contributed by atoms with Crippen LogP contribution < -0.4 is 5.11 Å². The second-order valence-corrected chi connectivity index (χ2v) is 16.0. The Hall–Kier alpha value is -3.95. The van der Waals surface area contributed by atoms with Crippen molar-refractivity contribution in [3.63, 3.8) is 0 Å².